The highest BCUT2D eigenvalue weighted by Gasteiger charge is 2.37. The van der Waals surface area contributed by atoms with Gasteiger partial charge in [-0.2, -0.15) is 0 Å². The number of carbonyl (C=O) groups is 1. The molecular weight excluding hydrogens is 1260 g/mol. The normalized spacial score (nSPS) is 18.7. The van der Waals surface area contributed by atoms with Crippen molar-refractivity contribution in [3.63, 3.8) is 0 Å². The number of piperidine rings is 2. The average molecular weight is 1450 g/mol. The number of ether oxygens (including phenoxy) is 5. The van der Waals surface area contributed by atoms with E-state index in [4.69, 9.17) is 23.7 Å². The molecule has 13 heteroatoms. The van der Waals surface area contributed by atoms with E-state index in [0.29, 0.717) is 17.6 Å². The summed E-state index contributed by atoms with van der Waals surface area (Å²) in [5, 5.41) is 12.3. The lowest BCUT2D eigenvalue weighted by Crippen LogP contribution is -2.42. The lowest BCUT2D eigenvalue weighted by Gasteiger charge is -2.42. The van der Waals surface area contributed by atoms with Crippen LogP contribution in [0.2, 0.25) is 0 Å². The van der Waals surface area contributed by atoms with Crippen molar-refractivity contribution in [3.05, 3.63) is 85.1 Å². The van der Waals surface area contributed by atoms with E-state index in [0.717, 1.165) is 124 Å². The number of sulfone groups is 1. The van der Waals surface area contributed by atoms with Crippen LogP contribution >= 0.6 is 0 Å². The summed E-state index contributed by atoms with van der Waals surface area (Å²) in [4.78, 5) is 10.4. The molecule has 10 aliphatic heterocycles. The SMILES string of the molecule is C1=CCC2(CC1)COC2.C1=CCCCC1.C1=CCNC1.C1=CCNCC1.C1=CCOC1.C1=CCOCC1.C1CCCCC1.C1CCNCC1.C1CCOCC1.C1CCOCC1.CC.CC.CC.CC.CC.CC.CC.CC.CC.CC.CC.CC.O=C1CCCCN1.O=S1(=O)CC=CCC1. The molecule has 4 N–H and O–H groups in total. The van der Waals surface area contributed by atoms with E-state index in [9.17, 15) is 13.2 Å². The second-order valence-electron chi connectivity index (χ2n) is 20.9. The third-order valence-electron chi connectivity index (χ3n) is 13.7. The second-order valence-corrected chi connectivity index (χ2v) is 23.1. The molecule has 0 aromatic heterocycles. The molecule has 1 spiro atoms. The van der Waals surface area contributed by atoms with Gasteiger partial charge in [0.15, 0.2) is 9.84 Å². The fourth-order valence-corrected chi connectivity index (χ4v) is 9.89. The Hall–Kier alpha value is -2.72. The Morgan fingerprint density at radius 1 is 0.310 bits per heavy atom. The molecule has 12 nitrogen and oxygen atoms in total. The summed E-state index contributed by atoms with van der Waals surface area (Å²) in [5.41, 5.74) is 0.592. The van der Waals surface area contributed by atoms with Crippen molar-refractivity contribution < 1.29 is 36.9 Å². The van der Waals surface area contributed by atoms with Gasteiger partial charge in [0.25, 0.3) is 0 Å². The Labute approximate surface area is 630 Å². The van der Waals surface area contributed by atoms with E-state index < -0.39 is 9.84 Å². The third kappa shape index (κ3) is 116. The van der Waals surface area contributed by atoms with Crippen LogP contribution in [0.5, 0.6) is 0 Å². The number of allylic oxidation sites excluding steroid dienone is 5. The van der Waals surface area contributed by atoms with Crippen LogP contribution in [-0.4, -0.2) is 138 Å². The first-order valence-corrected chi connectivity index (χ1v) is 44.4. The molecule has 13 rings (SSSR count). The van der Waals surface area contributed by atoms with Gasteiger partial charge in [-0.15, -0.1) is 0 Å². The predicted octanol–water partition coefficient (Wildman–Crippen LogP) is 24.5. The Bertz CT molecular complexity index is 1420. The van der Waals surface area contributed by atoms with E-state index >= 15 is 0 Å². The van der Waals surface area contributed by atoms with Gasteiger partial charge < -0.3 is 45.0 Å². The van der Waals surface area contributed by atoms with Crippen molar-refractivity contribution in [2.45, 2.75) is 346 Å². The first-order valence-electron chi connectivity index (χ1n) is 42.5. The molecule has 606 valence electrons. The molecule has 1 amide bonds. The minimum Gasteiger partial charge on any atom is -0.381 e. The van der Waals surface area contributed by atoms with Gasteiger partial charge in [-0.25, -0.2) is 8.42 Å². The van der Waals surface area contributed by atoms with Gasteiger partial charge >= 0.3 is 0 Å². The summed E-state index contributed by atoms with van der Waals surface area (Å²) in [6, 6.07) is 0. The molecule has 5 saturated heterocycles. The number of carbonyl (C=O) groups excluding carboxylic acids is 1. The zero-order valence-electron chi connectivity index (χ0n) is 72.0. The Balaban J connectivity index is -0.0000000936. The van der Waals surface area contributed by atoms with E-state index in [1.807, 2.05) is 190 Å². The van der Waals surface area contributed by atoms with Crippen LogP contribution in [0.1, 0.15) is 346 Å². The average Bonchev–Trinajstić information content (AvgIpc) is 0.883. The number of hydrogen-bond acceptors (Lipinski definition) is 11. The van der Waals surface area contributed by atoms with Gasteiger partial charge in [0.05, 0.1) is 51.1 Å². The third-order valence-corrected chi connectivity index (χ3v) is 15.2. The number of amides is 1. The first kappa shape index (κ1) is 121. The molecule has 0 aromatic rings. The van der Waals surface area contributed by atoms with Crippen molar-refractivity contribution in [2.75, 3.05) is 123 Å². The van der Waals surface area contributed by atoms with Crippen LogP contribution in [0.3, 0.4) is 0 Å². The quantitative estimate of drug-likeness (QED) is 0.172. The number of nitrogens with one attached hydrogen (secondary N) is 4. The van der Waals surface area contributed by atoms with Crippen molar-refractivity contribution in [1.29, 1.82) is 0 Å². The van der Waals surface area contributed by atoms with Gasteiger partial charge in [-0.3, -0.25) is 4.79 Å². The molecule has 1 saturated carbocycles. The van der Waals surface area contributed by atoms with Crippen molar-refractivity contribution in [2.24, 2.45) is 5.41 Å². The molecule has 3 aliphatic carbocycles. The summed E-state index contributed by atoms with van der Waals surface area (Å²) < 4.78 is 46.3. The van der Waals surface area contributed by atoms with Gasteiger partial charge in [-0.1, -0.05) is 296 Å². The predicted molar refractivity (Wildman–Crippen MR) is 456 cm³/mol. The second kappa shape index (κ2) is 129. The van der Waals surface area contributed by atoms with Crippen molar-refractivity contribution in [1.82, 2.24) is 21.3 Å². The molecule has 0 radical (unpaired) electrons. The molecule has 0 atom stereocenters. The van der Waals surface area contributed by atoms with E-state index in [1.165, 1.54) is 161 Å². The number of hydrogen-bond donors (Lipinski definition) is 4. The van der Waals surface area contributed by atoms with Crippen molar-refractivity contribution in [3.8, 4) is 0 Å². The van der Waals surface area contributed by atoms with Crippen LogP contribution in [0, 0.1) is 5.41 Å². The zero-order valence-corrected chi connectivity index (χ0v) is 72.8. The monoisotopic (exact) mass is 1450 g/mol. The molecule has 0 aromatic carbocycles. The van der Waals surface area contributed by atoms with Crippen LogP contribution < -0.4 is 21.3 Å². The summed E-state index contributed by atoms with van der Waals surface area (Å²) in [7, 11) is -2.67. The highest BCUT2D eigenvalue weighted by molar-refractivity contribution is 7.91. The molecular formula is C87H184N4O8S. The van der Waals surface area contributed by atoms with Gasteiger partial charge in [0, 0.05) is 64.4 Å². The summed E-state index contributed by atoms with van der Waals surface area (Å²) >= 11 is 0. The Kier molecular flexibility index (Phi) is 156. The number of rotatable bonds is 0. The topological polar surface area (TPSA) is 145 Å². The van der Waals surface area contributed by atoms with E-state index in [1.54, 1.807) is 6.08 Å². The largest absolute Gasteiger partial charge is 0.381 e. The van der Waals surface area contributed by atoms with E-state index in [2.05, 4.69) is 76.0 Å². The molecule has 13 aliphatic rings. The fraction of sp³-hybridized carbons (Fsp3) is 0.828. The standard InChI is InChI=1S/C8H12O.C6H12.C6H10.C5H9NO.C5H11N.C5H9N.C5H8O2S.2C5H10O.C5H8O.C4H7N.C4H6O.12C2H6/c1-2-4-8(5-3-1)6-9-7-8;2*1-2-4-6-5-3-1;7-5-3-1-2-4-6-5;2*1-2-4-6-5-3-1;6-8(7)4-2-1-3-5-8;3*1-2-4-6-5-3-1;2*1-2-4-5-3-1;12*1-2/h1-2H,3-7H2;1-6H2;1-2H,3-6H2;1-4H2,(H,6,7);6H,1-5H2;1-2,6H,3-5H2;1-2H,3-5H2;2*1-5H2;1-2H,3-5H2;1-2,5H,3-4H2;1-2H,3-4H2;12*1-2H3. The summed E-state index contributed by atoms with van der Waals surface area (Å²) in [6.07, 6.45) is 65.9. The van der Waals surface area contributed by atoms with Crippen LogP contribution in [0.25, 0.3) is 0 Å². The fourth-order valence-electron chi connectivity index (χ4n) is 8.80. The van der Waals surface area contributed by atoms with Gasteiger partial charge in [0.2, 0.25) is 5.91 Å². The van der Waals surface area contributed by atoms with Crippen LogP contribution in [0.15, 0.2) is 85.1 Å². The van der Waals surface area contributed by atoms with Crippen LogP contribution in [0.4, 0.5) is 0 Å². The summed E-state index contributed by atoms with van der Waals surface area (Å²) in [5.74, 6) is 0.794. The lowest BCUT2D eigenvalue weighted by molar-refractivity contribution is -0.122. The van der Waals surface area contributed by atoms with Crippen LogP contribution in [-0.2, 0) is 38.3 Å². The summed E-state index contributed by atoms with van der Waals surface area (Å²) in [6.45, 7) is 65.2. The highest BCUT2D eigenvalue weighted by atomic mass is 32.2. The van der Waals surface area contributed by atoms with Gasteiger partial charge in [-0.05, 0) is 148 Å². The lowest BCUT2D eigenvalue weighted by atomic mass is 9.76. The molecule has 0 bridgehead atoms. The minimum atomic E-state index is -2.67. The van der Waals surface area contributed by atoms with Gasteiger partial charge in [0.1, 0.15) is 0 Å². The van der Waals surface area contributed by atoms with E-state index in [-0.39, 0.29) is 11.7 Å². The highest BCUT2D eigenvalue weighted by Crippen LogP contribution is 2.39. The maximum Gasteiger partial charge on any atom is 0.219 e. The Morgan fingerprint density at radius 2 is 0.700 bits per heavy atom. The smallest absolute Gasteiger partial charge is 0.219 e. The Morgan fingerprint density at radius 3 is 0.850 bits per heavy atom. The first-order chi connectivity index (χ1) is 49.5. The minimum absolute atomic E-state index is 0.214. The van der Waals surface area contributed by atoms with Crippen molar-refractivity contribution >= 4 is 15.7 Å². The maximum atomic E-state index is 10.6. The molecule has 100 heavy (non-hydrogen) atoms. The molecule has 10 heterocycles. The maximum absolute atomic E-state index is 10.6. The zero-order chi connectivity index (χ0) is 78.1. The molecule has 0 unspecified atom stereocenters. The molecule has 6 fully saturated rings.